The zero-order valence-electron chi connectivity index (χ0n) is 11.9. The van der Waals surface area contributed by atoms with Crippen LogP contribution in [0.15, 0.2) is 36.4 Å². The van der Waals surface area contributed by atoms with Crippen molar-refractivity contribution in [3.05, 3.63) is 64.5 Å². The fraction of sp³-hybridized carbons (Fsp3) is 0.250. The Hall–Kier alpha value is -1.91. The number of ether oxygens (including phenoxy) is 1. The molecule has 0 aliphatic carbocycles. The zero-order chi connectivity index (χ0) is 14.7. The summed E-state index contributed by atoms with van der Waals surface area (Å²) < 4.78 is 18.7. The highest BCUT2D eigenvalue weighted by Crippen LogP contribution is 2.27. The Morgan fingerprint density at radius 1 is 1.05 bits per heavy atom. The van der Waals surface area contributed by atoms with Gasteiger partial charge in [0, 0.05) is 0 Å². The lowest BCUT2D eigenvalue weighted by Crippen LogP contribution is -2.29. The topological polar surface area (TPSA) is 47.3 Å². The summed E-state index contributed by atoms with van der Waals surface area (Å²) in [4.78, 5) is 0. The number of halogens is 1. The van der Waals surface area contributed by atoms with Crippen molar-refractivity contribution in [2.24, 2.45) is 5.84 Å². The summed E-state index contributed by atoms with van der Waals surface area (Å²) >= 11 is 0. The first-order chi connectivity index (χ1) is 9.56. The first-order valence-electron chi connectivity index (χ1n) is 6.43. The molecule has 0 saturated carbocycles. The Balaban J connectivity index is 2.43. The molecule has 106 valence electrons. The normalized spacial score (nSPS) is 12.2. The number of hydrogen-bond donors (Lipinski definition) is 2. The predicted molar refractivity (Wildman–Crippen MR) is 78.0 cm³/mol. The Morgan fingerprint density at radius 3 is 2.30 bits per heavy atom. The molecule has 0 bridgehead atoms. The smallest absolute Gasteiger partial charge is 0.126 e. The third-order valence-electron chi connectivity index (χ3n) is 3.45. The number of methoxy groups -OCH3 is 1. The SMILES string of the molecule is COc1cc(C(NN)c2ccc(F)c(C)c2)ccc1C. The van der Waals surface area contributed by atoms with Crippen molar-refractivity contribution in [3.63, 3.8) is 0 Å². The first kappa shape index (κ1) is 14.5. The summed E-state index contributed by atoms with van der Waals surface area (Å²) in [6, 6.07) is 10.7. The standard InChI is InChI=1S/C16H19FN2O/c1-10-4-5-13(9-15(10)20-3)16(19-18)12-6-7-14(17)11(2)8-12/h4-9,16,19H,18H2,1-3H3. The maximum atomic E-state index is 13.4. The number of rotatable bonds is 4. The molecule has 0 radical (unpaired) electrons. The molecule has 0 amide bonds. The lowest BCUT2D eigenvalue weighted by atomic mass is 9.96. The lowest BCUT2D eigenvalue weighted by Gasteiger charge is -2.19. The molecule has 0 fully saturated rings. The van der Waals surface area contributed by atoms with E-state index in [9.17, 15) is 4.39 Å². The van der Waals surface area contributed by atoms with Crippen molar-refractivity contribution in [1.29, 1.82) is 0 Å². The van der Waals surface area contributed by atoms with Gasteiger partial charge >= 0.3 is 0 Å². The zero-order valence-corrected chi connectivity index (χ0v) is 11.9. The van der Waals surface area contributed by atoms with Gasteiger partial charge in [0.15, 0.2) is 0 Å². The average molecular weight is 274 g/mol. The van der Waals surface area contributed by atoms with Crippen molar-refractivity contribution in [3.8, 4) is 5.75 Å². The van der Waals surface area contributed by atoms with Crippen LogP contribution in [0.2, 0.25) is 0 Å². The van der Waals surface area contributed by atoms with Crippen LogP contribution in [0.3, 0.4) is 0 Å². The number of hydrazine groups is 1. The number of benzene rings is 2. The van der Waals surface area contributed by atoms with E-state index in [-0.39, 0.29) is 11.9 Å². The van der Waals surface area contributed by atoms with E-state index in [1.165, 1.54) is 6.07 Å². The molecule has 4 heteroatoms. The summed E-state index contributed by atoms with van der Waals surface area (Å²) in [5.41, 5.74) is 6.32. The molecule has 2 aromatic carbocycles. The molecular formula is C16H19FN2O. The molecular weight excluding hydrogens is 255 g/mol. The van der Waals surface area contributed by atoms with Crippen LogP contribution >= 0.6 is 0 Å². The average Bonchev–Trinajstić information content (AvgIpc) is 2.45. The van der Waals surface area contributed by atoms with E-state index in [0.29, 0.717) is 5.56 Å². The molecule has 1 atom stereocenters. The Kier molecular flexibility index (Phi) is 4.37. The summed E-state index contributed by atoms with van der Waals surface area (Å²) in [6.45, 7) is 3.72. The molecule has 0 heterocycles. The second-order valence-corrected chi connectivity index (χ2v) is 4.84. The van der Waals surface area contributed by atoms with Gasteiger partial charge in [-0.3, -0.25) is 5.84 Å². The fourth-order valence-electron chi connectivity index (χ4n) is 2.25. The molecule has 0 aliphatic heterocycles. The fourth-order valence-corrected chi connectivity index (χ4v) is 2.25. The van der Waals surface area contributed by atoms with Gasteiger partial charge in [-0.15, -0.1) is 0 Å². The van der Waals surface area contributed by atoms with Crippen LogP contribution in [0.5, 0.6) is 5.75 Å². The second-order valence-electron chi connectivity index (χ2n) is 4.84. The van der Waals surface area contributed by atoms with Crippen LogP contribution in [-0.2, 0) is 0 Å². The summed E-state index contributed by atoms with van der Waals surface area (Å²) in [5.74, 6) is 6.26. The Bertz CT molecular complexity index is 613. The van der Waals surface area contributed by atoms with E-state index in [2.05, 4.69) is 5.43 Å². The van der Waals surface area contributed by atoms with Gasteiger partial charge < -0.3 is 4.74 Å². The maximum Gasteiger partial charge on any atom is 0.126 e. The van der Waals surface area contributed by atoms with E-state index in [1.54, 1.807) is 26.2 Å². The molecule has 20 heavy (non-hydrogen) atoms. The van der Waals surface area contributed by atoms with Gasteiger partial charge in [0.2, 0.25) is 0 Å². The van der Waals surface area contributed by atoms with E-state index < -0.39 is 0 Å². The summed E-state index contributed by atoms with van der Waals surface area (Å²) in [6.07, 6.45) is 0. The third-order valence-corrected chi connectivity index (χ3v) is 3.45. The van der Waals surface area contributed by atoms with Crippen LogP contribution < -0.4 is 16.0 Å². The molecule has 0 spiro atoms. The van der Waals surface area contributed by atoms with Crippen LogP contribution in [0, 0.1) is 19.7 Å². The van der Waals surface area contributed by atoms with Crippen LogP contribution in [0.1, 0.15) is 28.3 Å². The minimum atomic E-state index is -0.217. The third kappa shape index (κ3) is 2.81. The summed E-state index contributed by atoms with van der Waals surface area (Å²) in [5, 5.41) is 0. The molecule has 2 aromatic rings. The van der Waals surface area contributed by atoms with Crippen LogP contribution in [0.4, 0.5) is 4.39 Å². The quantitative estimate of drug-likeness (QED) is 0.665. The Labute approximate surface area is 118 Å². The molecule has 0 saturated heterocycles. The highest BCUT2D eigenvalue weighted by atomic mass is 19.1. The van der Waals surface area contributed by atoms with E-state index >= 15 is 0 Å². The van der Waals surface area contributed by atoms with E-state index in [1.807, 2.05) is 25.1 Å². The first-order valence-corrected chi connectivity index (χ1v) is 6.43. The molecule has 3 nitrogen and oxygen atoms in total. The van der Waals surface area contributed by atoms with Gasteiger partial charge in [-0.05, 0) is 48.2 Å². The molecule has 3 N–H and O–H groups in total. The second kappa shape index (κ2) is 6.03. The van der Waals surface area contributed by atoms with Crippen LogP contribution in [-0.4, -0.2) is 7.11 Å². The van der Waals surface area contributed by atoms with Gasteiger partial charge in [0.25, 0.3) is 0 Å². The van der Waals surface area contributed by atoms with Crippen molar-refractivity contribution in [2.75, 3.05) is 7.11 Å². The monoisotopic (exact) mass is 274 g/mol. The predicted octanol–water partition coefficient (Wildman–Crippen LogP) is 3.00. The van der Waals surface area contributed by atoms with Crippen molar-refractivity contribution < 1.29 is 9.13 Å². The van der Waals surface area contributed by atoms with Crippen molar-refractivity contribution in [1.82, 2.24) is 5.43 Å². The van der Waals surface area contributed by atoms with E-state index in [0.717, 1.165) is 22.4 Å². The van der Waals surface area contributed by atoms with Crippen molar-refractivity contribution >= 4 is 0 Å². The Morgan fingerprint density at radius 2 is 1.70 bits per heavy atom. The van der Waals surface area contributed by atoms with Crippen molar-refractivity contribution in [2.45, 2.75) is 19.9 Å². The largest absolute Gasteiger partial charge is 0.496 e. The van der Waals surface area contributed by atoms with Crippen LogP contribution in [0.25, 0.3) is 0 Å². The molecule has 0 aromatic heterocycles. The minimum absolute atomic E-state index is 0.205. The van der Waals surface area contributed by atoms with Gasteiger partial charge in [-0.1, -0.05) is 24.3 Å². The summed E-state index contributed by atoms with van der Waals surface area (Å²) in [7, 11) is 1.64. The molecule has 1 unspecified atom stereocenters. The number of aryl methyl sites for hydroxylation is 2. The molecule has 2 rings (SSSR count). The lowest BCUT2D eigenvalue weighted by molar-refractivity contribution is 0.410. The number of nitrogens with one attached hydrogen (secondary N) is 1. The van der Waals surface area contributed by atoms with E-state index in [4.69, 9.17) is 10.6 Å². The van der Waals surface area contributed by atoms with Gasteiger partial charge in [-0.25, -0.2) is 9.82 Å². The number of nitrogens with two attached hydrogens (primary N) is 1. The minimum Gasteiger partial charge on any atom is -0.496 e. The highest BCUT2D eigenvalue weighted by Gasteiger charge is 2.15. The van der Waals surface area contributed by atoms with Gasteiger partial charge in [-0.2, -0.15) is 0 Å². The highest BCUT2D eigenvalue weighted by molar-refractivity contribution is 5.41. The van der Waals surface area contributed by atoms with Gasteiger partial charge in [0.05, 0.1) is 13.2 Å². The number of hydrogen-bond acceptors (Lipinski definition) is 3. The van der Waals surface area contributed by atoms with Gasteiger partial charge in [0.1, 0.15) is 11.6 Å². The molecule has 0 aliphatic rings. The maximum absolute atomic E-state index is 13.4.